The highest BCUT2D eigenvalue weighted by Crippen LogP contribution is 2.19. The molecule has 1 atom stereocenters. The smallest absolute Gasteiger partial charge is 0.222 e. The lowest BCUT2D eigenvalue weighted by Crippen LogP contribution is -2.37. The molecule has 3 nitrogen and oxygen atoms in total. The van der Waals surface area contributed by atoms with Crippen LogP contribution in [0, 0.1) is 0 Å². The molecule has 3 heteroatoms. The van der Waals surface area contributed by atoms with Gasteiger partial charge >= 0.3 is 0 Å². The first kappa shape index (κ1) is 21.5. The number of likely N-dealkylation sites (tertiary alicyclic amines) is 1. The van der Waals surface area contributed by atoms with E-state index in [-0.39, 0.29) is 18.6 Å². The van der Waals surface area contributed by atoms with Crippen molar-refractivity contribution >= 4 is 5.91 Å². The second kappa shape index (κ2) is 14.7. The predicted octanol–water partition coefficient (Wildman–Crippen LogP) is 5.45. The molecule has 0 aromatic heterocycles. The van der Waals surface area contributed by atoms with Crippen molar-refractivity contribution in [3.63, 3.8) is 0 Å². The number of amides is 1. The molecule has 0 aromatic rings. The van der Waals surface area contributed by atoms with Gasteiger partial charge < -0.3 is 10.0 Å². The van der Waals surface area contributed by atoms with Crippen LogP contribution < -0.4 is 0 Å². The average molecular weight is 340 g/mol. The van der Waals surface area contributed by atoms with Crippen molar-refractivity contribution in [3.05, 3.63) is 0 Å². The van der Waals surface area contributed by atoms with Gasteiger partial charge in [-0.1, -0.05) is 84.0 Å². The molecule has 0 aliphatic carbocycles. The third-order valence-corrected chi connectivity index (χ3v) is 5.40. The fourth-order valence-electron chi connectivity index (χ4n) is 3.79. The van der Waals surface area contributed by atoms with Crippen LogP contribution in [0.5, 0.6) is 0 Å². The Labute approximate surface area is 150 Å². The van der Waals surface area contributed by atoms with E-state index in [0.29, 0.717) is 6.42 Å². The molecular weight excluding hydrogens is 298 g/mol. The molecule has 0 bridgehead atoms. The third kappa shape index (κ3) is 9.66. The molecule has 1 heterocycles. The molecule has 1 amide bonds. The van der Waals surface area contributed by atoms with Crippen molar-refractivity contribution in [1.82, 2.24) is 4.90 Å². The molecule has 24 heavy (non-hydrogen) atoms. The Morgan fingerprint density at radius 3 is 1.88 bits per heavy atom. The maximum atomic E-state index is 12.1. The van der Waals surface area contributed by atoms with Crippen LogP contribution in [0.1, 0.15) is 110 Å². The van der Waals surface area contributed by atoms with Gasteiger partial charge in [-0.3, -0.25) is 4.79 Å². The Morgan fingerprint density at radius 1 is 0.875 bits per heavy atom. The lowest BCUT2D eigenvalue weighted by atomic mass is 10.0. The van der Waals surface area contributed by atoms with Crippen LogP contribution in [0.15, 0.2) is 0 Å². The Hall–Kier alpha value is -0.570. The van der Waals surface area contributed by atoms with Gasteiger partial charge in [0, 0.05) is 13.0 Å². The second-order valence-corrected chi connectivity index (χ2v) is 7.56. The molecule has 1 rings (SSSR count). The summed E-state index contributed by atoms with van der Waals surface area (Å²) in [6.07, 6.45) is 20.1. The quantitative estimate of drug-likeness (QED) is 0.403. The van der Waals surface area contributed by atoms with Crippen LogP contribution >= 0.6 is 0 Å². The van der Waals surface area contributed by atoms with Crippen LogP contribution in [0.3, 0.4) is 0 Å². The van der Waals surface area contributed by atoms with Gasteiger partial charge in [-0.2, -0.15) is 0 Å². The largest absolute Gasteiger partial charge is 0.394 e. The number of unbranched alkanes of at least 4 members (excludes halogenated alkanes) is 12. The normalized spacial score (nSPS) is 17.6. The maximum absolute atomic E-state index is 12.1. The van der Waals surface area contributed by atoms with Gasteiger partial charge in [0.1, 0.15) is 0 Å². The van der Waals surface area contributed by atoms with E-state index in [1.165, 1.54) is 77.0 Å². The van der Waals surface area contributed by atoms with E-state index in [1.54, 1.807) is 0 Å². The fourth-order valence-corrected chi connectivity index (χ4v) is 3.79. The topological polar surface area (TPSA) is 40.5 Å². The number of hydrogen-bond acceptors (Lipinski definition) is 2. The standard InChI is InChI=1S/C21H41NO2/c1-2-3-4-5-6-7-8-9-10-11-12-13-14-17-21(24)22-18-15-16-20(22)19-23/h20,23H,2-19H2,1H3. The zero-order valence-electron chi connectivity index (χ0n) is 16.1. The van der Waals surface area contributed by atoms with Crippen LogP contribution in [-0.4, -0.2) is 35.1 Å². The highest BCUT2D eigenvalue weighted by Gasteiger charge is 2.27. The zero-order valence-corrected chi connectivity index (χ0v) is 16.1. The summed E-state index contributed by atoms with van der Waals surface area (Å²) in [5.74, 6) is 0.259. The molecular formula is C21H41NO2. The molecule has 1 aliphatic rings. The SMILES string of the molecule is CCCCCCCCCCCCCCCC(=O)N1CCCC1CO. The molecule has 142 valence electrons. The monoisotopic (exact) mass is 339 g/mol. The number of hydrogen-bond donors (Lipinski definition) is 1. The summed E-state index contributed by atoms with van der Waals surface area (Å²) in [5, 5.41) is 9.28. The number of rotatable bonds is 15. The van der Waals surface area contributed by atoms with Crippen LogP contribution in [0.4, 0.5) is 0 Å². The minimum absolute atomic E-state index is 0.0967. The van der Waals surface area contributed by atoms with Gasteiger partial charge in [0.25, 0.3) is 0 Å². The molecule has 0 saturated carbocycles. The van der Waals surface area contributed by atoms with E-state index >= 15 is 0 Å². The second-order valence-electron chi connectivity index (χ2n) is 7.56. The number of aliphatic hydroxyl groups excluding tert-OH is 1. The molecule has 1 aliphatic heterocycles. The van der Waals surface area contributed by atoms with E-state index in [4.69, 9.17) is 0 Å². The number of carbonyl (C=O) groups excluding carboxylic acids is 1. The van der Waals surface area contributed by atoms with E-state index in [9.17, 15) is 9.90 Å². The first-order valence-electron chi connectivity index (χ1n) is 10.7. The maximum Gasteiger partial charge on any atom is 0.222 e. The zero-order chi connectivity index (χ0) is 17.5. The Morgan fingerprint density at radius 2 is 1.38 bits per heavy atom. The summed E-state index contributed by atoms with van der Waals surface area (Å²) < 4.78 is 0. The van der Waals surface area contributed by atoms with E-state index < -0.39 is 0 Å². The molecule has 0 radical (unpaired) electrons. The lowest BCUT2D eigenvalue weighted by molar-refractivity contribution is -0.132. The van der Waals surface area contributed by atoms with E-state index in [1.807, 2.05) is 4.90 Å². The van der Waals surface area contributed by atoms with Gasteiger partial charge in [-0.25, -0.2) is 0 Å². The summed E-state index contributed by atoms with van der Waals surface area (Å²) >= 11 is 0. The average Bonchev–Trinajstić information content (AvgIpc) is 3.07. The molecule has 1 unspecified atom stereocenters. The van der Waals surface area contributed by atoms with Gasteiger partial charge in [0.2, 0.25) is 5.91 Å². The highest BCUT2D eigenvalue weighted by molar-refractivity contribution is 5.76. The van der Waals surface area contributed by atoms with Crippen LogP contribution in [0.2, 0.25) is 0 Å². The highest BCUT2D eigenvalue weighted by atomic mass is 16.3. The number of aliphatic hydroxyl groups is 1. The van der Waals surface area contributed by atoms with Crippen molar-refractivity contribution in [3.8, 4) is 0 Å². The summed E-state index contributed by atoms with van der Waals surface area (Å²) in [6, 6.07) is 0.0967. The van der Waals surface area contributed by atoms with Crippen LogP contribution in [-0.2, 0) is 4.79 Å². The lowest BCUT2D eigenvalue weighted by Gasteiger charge is -2.22. The molecule has 1 N–H and O–H groups in total. The molecule has 0 spiro atoms. The predicted molar refractivity (Wildman–Crippen MR) is 102 cm³/mol. The first-order chi connectivity index (χ1) is 11.8. The van der Waals surface area contributed by atoms with E-state index in [2.05, 4.69) is 6.92 Å². The van der Waals surface area contributed by atoms with Gasteiger partial charge in [0.05, 0.1) is 12.6 Å². The third-order valence-electron chi connectivity index (χ3n) is 5.40. The minimum Gasteiger partial charge on any atom is -0.394 e. The fraction of sp³-hybridized carbons (Fsp3) is 0.952. The first-order valence-corrected chi connectivity index (χ1v) is 10.7. The van der Waals surface area contributed by atoms with E-state index in [0.717, 1.165) is 25.8 Å². The van der Waals surface area contributed by atoms with Crippen molar-refractivity contribution < 1.29 is 9.90 Å². The summed E-state index contributed by atoms with van der Waals surface area (Å²) in [7, 11) is 0. The van der Waals surface area contributed by atoms with Crippen molar-refractivity contribution in [1.29, 1.82) is 0 Å². The summed E-state index contributed by atoms with van der Waals surface area (Å²) in [4.78, 5) is 14.0. The van der Waals surface area contributed by atoms with Crippen molar-refractivity contribution in [2.24, 2.45) is 0 Å². The van der Waals surface area contributed by atoms with Crippen molar-refractivity contribution in [2.75, 3.05) is 13.2 Å². The van der Waals surface area contributed by atoms with Gasteiger partial charge in [-0.05, 0) is 19.3 Å². The van der Waals surface area contributed by atoms with Crippen molar-refractivity contribution in [2.45, 2.75) is 116 Å². The Balaban J connectivity index is 1.83. The number of nitrogens with zero attached hydrogens (tertiary/aromatic N) is 1. The molecule has 1 saturated heterocycles. The molecule has 0 aromatic carbocycles. The summed E-state index contributed by atoms with van der Waals surface area (Å²) in [6.45, 7) is 3.25. The Bertz CT molecular complexity index is 306. The van der Waals surface area contributed by atoms with Crippen LogP contribution in [0.25, 0.3) is 0 Å². The molecule has 1 fully saturated rings. The van der Waals surface area contributed by atoms with Gasteiger partial charge in [-0.15, -0.1) is 0 Å². The minimum atomic E-state index is 0.0967. The summed E-state index contributed by atoms with van der Waals surface area (Å²) in [5.41, 5.74) is 0. The van der Waals surface area contributed by atoms with Gasteiger partial charge in [0.15, 0.2) is 0 Å². The Kier molecular flexibility index (Phi) is 13.2. The number of carbonyl (C=O) groups is 1.